The lowest BCUT2D eigenvalue weighted by molar-refractivity contribution is -0.137. The van der Waals surface area contributed by atoms with Crippen LogP contribution in [0.25, 0.3) is 11.3 Å². The van der Waals surface area contributed by atoms with Crippen LogP contribution in [0.1, 0.15) is 77.2 Å². The Kier molecular flexibility index (Phi) is 7.32. The lowest BCUT2D eigenvalue weighted by atomic mass is 9.93. The predicted octanol–water partition coefficient (Wildman–Crippen LogP) is 6.36. The number of amides is 1. The van der Waals surface area contributed by atoms with Gasteiger partial charge in [0.2, 0.25) is 0 Å². The molecule has 2 aliphatic carbocycles. The number of nitrogens with one attached hydrogen (secondary N) is 1. The van der Waals surface area contributed by atoms with Crippen molar-refractivity contribution in [3.8, 4) is 22.8 Å². The number of benzene rings is 2. The fourth-order valence-electron chi connectivity index (χ4n) is 5.40. The van der Waals surface area contributed by atoms with E-state index in [0.29, 0.717) is 64.7 Å². The van der Waals surface area contributed by atoms with Crippen molar-refractivity contribution in [3.05, 3.63) is 70.4 Å². The molecule has 0 bridgehead atoms. The number of anilines is 1. The number of pyridine rings is 1. The molecule has 3 N–H and O–H groups in total. The summed E-state index contributed by atoms with van der Waals surface area (Å²) in [6, 6.07) is 10.8. The van der Waals surface area contributed by atoms with Gasteiger partial charge >= 0.3 is 6.18 Å². The van der Waals surface area contributed by atoms with Gasteiger partial charge in [0.05, 0.1) is 31.0 Å². The molecule has 3 aromatic rings. The summed E-state index contributed by atoms with van der Waals surface area (Å²) >= 11 is 0. The first-order valence-electron chi connectivity index (χ1n) is 14.3. The summed E-state index contributed by atoms with van der Waals surface area (Å²) in [6.45, 7) is 2.78. The van der Waals surface area contributed by atoms with Crippen LogP contribution in [-0.4, -0.2) is 43.4 Å². The molecule has 6 rings (SSSR count). The molecule has 2 saturated carbocycles. The molecule has 1 amide bonds. The Morgan fingerprint density at radius 2 is 2.00 bits per heavy atom. The van der Waals surface area contributed by atoms with Crippen LogP contribution in [0.15, 0.2) is 47.5 Å². The number of alkyl halides is 3. The topological polar surface area (TPSA) is 98.8 Å². The Hall–Kier alpha value is -4.08. The number of methoxy groups -OCH3 is 1. The zero-order chi connectivity index (χ0) is 29.6. The lowest BCUT2D eigenvalue weighted by Crippen LogP contribution is -2.30. The summed E-state index contributed by atoms with van der Waals surface area (Å²) in [4.78, 5) is 22.8. The minimum absolute atomic E-state index is 0.0682. The van der Waals surface area contributed by atoms with Crippen LogP contribution in [0.2, 0.25) is 0 Å². The number of hydrogen-bond acceptors (Lipinski definition) is 6. The normalized spacial score (nSPS) is 18.9. The minimum atomic E-state index is -4.47. The molecular weight excluding hydrogens is 545 g/mol. The molecule has 2 atom stereocenters. The van der Waals surface area contributed by atoms with Crippen LogP contribution < -0.4 is 20.5 Å². The Bertz CT molecular complexity index is 1550. The molecule has 3 aliphatic rings. The molecule has 2 heterocycles. The lowest BCUT2D eigenvalue weighted by Gasteiger charge is -2.20. The highest BCUT2D eigenvalue weighted by Crippen LogP contribution is 2.47. The summed E-state index contributed by atoms with van der Waals surface area (Å²) in [5.74, 6) is 0.917. The van der Waals surface area contributed by atoms with Crippen LogP contribution in [0, 0.1) is 5.92 Å². The molecular formula is C32H33F3N4O3. The smallest absolute Gasteiger partial charge is 0.416 e. The van der Waals surface area contributed by atoms with Crippen molar-refractivity contribution in [1.82, 2.24) is 10.3 Å². The highest BCUT2D eigenvalue weighted by molar-refractivity contribution is 5.99. The van der Waals surface area contributed by atoms with Gasteiger partial charge in [0.25, 0.3) is 5.91 Å². The quantitative estimate of drug-likeness (QED) is 0.228. The van der Waals surface area contributed by atoms with E-state index in [9.17, 15) is 18.0 Å². The molecule has 0 spiro atoms. The Morgan fingerprint density at radius 3 is 2.69 bits per heavy atom. The number of aliphatic imine (C=N–C) groups is 1. The molecule has 2 aromatic carbocycles. The third-order valence-electron chi connectivity index (χ3n) is 8.17. The number of rotatable bonds is 9. The standard InChI is InChI=1S/C32H33F3N4O3/c1-17-16-42-30-24(17)13-26(39-29(30)19-4-3-5-22(11-19)32(33,34)35)25(18-6-7-18)15-38-31(40)20-10-21(14-37-23-8-9-23)28(36)27(12-20)41-2/h3-5,10-14,17-18,23,25H,6-9,15-16,36H2,1-2H3,(H,38,40). The van der Waals surface area contributed by atoms with E-state index in [2.05, 4.69) is 10.3 Å². The highest BCUT2D eigenvalue weighted by Gasteiger charge is 2.37. The van der Waals surface area contributed by atoms with E-state index in [4.69, 9.17) is 20.2 Å². The summed E-state index contributed by atoms with van der Waals surface area (Å²) in [6.07, 6.45) is 1.30. The van der Waals surface area contributed by atoms with Crippen molar-refractivity contribution in [3.63, 3.8) is 0 Å². The number of nitrogens with two attached hydrogens (primary N) is 1. The molecule has 7 nitrogen and oxygen atoms in total. The fourth-order valence-corrected chi connectivity index (χ4v) is 5.40. The number of aromatic nitrogens is 1. The molecule has 220 valence electrons. The van der Waals surface area contributed by atoms with Gasteiger partial charge in [0, 0.05) is 52.5 Å². The van der Waals surface area contributed by atoms with Crippen molar-refractivity contribution in [2.75, 3.05) is 26.0 Å². The number of halogens is 3. The second-order valence-corrected chi connectivity index (χ2v) is 11.4. The van der Waals surface area contributed by atoms with Gasteiger partial charge in [-0.25, -0.2) is 4.98 Å². The van der Waals surface area contributed by atoms with E-state index in [-0.39, 0.29) is 17.7 Å². The van der Waals surface area contributed by atoms with Gasteiger partial charge in [-0.15, -0.1) is 0 Å². The van der Waals surface area contributed by atoms with Crippen molar-refractivity contribution >= 4 is 17.8 Å². The van der Waals surface area contributed by atoms with Gasteiger partial charge in [-0.3, -0.25) is 9.79 Å². The Morgan fingerprint density at radius 1 is 1.21 bits per heavy atom. The molecule has 42 heavy (non-hydrogen) atoms. The van der Waals surface area contributed by atoms with Gasteiger partial charge in [-0.2, -0.15) is 13.2 Å². The average Bonchev–Trinajstić information content (AvgIpc) is 3.91. The average molecular weight is 579 g/mol. The largest absolute Gasteiger partial charge is 0.495 e. The van der Waals surface area contributed by atoms with Crippen LogP contribution in [0.4, 0.5) is 18.9 Å². The number of carbonyl (C=O) groups is 1. The third kappa shape index (κ3) is 5.80. The van der Waals surface area contributed by atoms with E-state index in [1.807, 2.05) is 13.0 Å². The first-order valence-corrected chi connectivity index (χ1v) is 14.3. The Balaban J connectivity index is 1.29. The molecule has 0 saturated heterocycles. The van der Waals surface area contributed by atoms with Crippen LogP contribution >= 0.6 is 0 Å². The molecule has 0 radical (unpaired) electrons. The van der Waals surface area contributed by atoms with Gasteiger partial charge in [0.1, 0.15) is 17.2 Å². The van der Waals surface area contributed by atoms with E-state index in [1.165, 1.54) is 13.2 Å². The zero-order valence-corrected chi connectivity index (χ0v) is 23.5. The van der Waals surface area contributed by atoms with E-state index < -0.39 is 11.7 Å². The molecule has 1 aliphatic heterocycles. The third-order valence-corrected chi connectivity index (χ3v) is 8.17. The number of nitrogen functional groups attached to an aromatic ring is 1. The van der Waals surface area contributed by atoms with Crippen molar-refractivity contribution in [1.29, 1.82) is 0 Å². The maximum absolute atomic E-state index is 13.5. The maximum Gasteiger partial charge on any atom is 0.416 e. The van der Waals surface area contributed by atoms with Gasteiger partial charge in [0.15, 0.2) is 0 Å². The van der Waals surface area contributed by atoms with Crippen LogP contribution in [-0.2, 0) is 6.18 Å². The van der Waals surface area contributed by atoms with Crippen LogP contribution in [0.5, 0.6) is 11.5 Å². The van der Waals surface area contributed by atoms with Gasteiger partial charge < -0.3 is 20.5 Å². The van der Waals surface area contributed by atoms with Gasteiger partial charge in [-0.1, -0.05) is 19.1 Å². The van der Waals surface area contributed by atoms with E-state index >= 15 is 0 Å². The zero-order valence-electron chi connectivity index (χ0n) is 23.5. The first-order chi connectivity index (χ1) is 20.1. The fraction of sp³-hybridized carbons (Fsp3) is 0.406. The number of hydrogen-bond donors (Lipinski definition) is 2. The second kappa shape index (κ2) is 11.0. The van der Waals surface area contributed by atoms with Gasteiger partial charge in [-0.05, 0) is 61.9 Å². The van der Waals surface area contributed by atoms with Crippen molar-refractivity contribution in [2.24, 2.45) is 10.9 Å². The summed E-state index contributed by atoms with van der Waals surface area (Å²) in [5.41, 5.74) is 9.38. The first kappa shape index (κ1) is 28.1. The second-order valence-electron chi connectivity index (χ2n) is 11.4. The number of fused-ring (bicyclic) bond motifs is 1. The Labute approximate surface area is 242 Å². The van der Waals surface area contributed by atoms with Crippen LogP contribution in [0.3, 0.4) is 0 Å². The minimum Gasteiger partial charge on any atom is -0.495 e. The molecule has 1 aromatic heterocycles. The number of ether oxygens (including phenoxy) is 2. The highest BCUT2D eigenvalue weighted by atomic mass is 19.4. The van der Waals surface area contributed by atoms with E-state index in [1.54, 1.807) is 24.4 Å². The summed E-state index contributed by atoms with van der Waals surface area (Å²) in [7, 11) is 1.50. The number of carbonyl (C=O) groups excluding carboxylic acids is 1. The van der Waals surface area contributed by atoms with Crippen molar-refractivity contribution < 1.29 is 27.4 Å². The van der Waals surface area contributed by atoms with Crippen molar-refractivity contribution in [2.45, 2.75) is 56.7 Å². The predicted molar refractivity (Wildman–Crippen MR) is 154 cm³/mol. The SMILES string of the molecule is COc1cc(C(=O)NCC(c2cc3c(c(-c4cccc(C(F)(F)F)c4)n2)OCC3C)C2CC2)cc(C=NC2CC2)c1N. The molecule has 2 unspecified atom stereocenters. The summed E-state index contributed by atoms with van der Waals surface area (Å²) < 4.78 is 51.9. The maximum atomic E-state index is 13.5. The monoisotopic (exact) mass is 578 g/mol. The molecule has 2 fully saturated rings. The summed E-state index contributed by atoms with van der Waals surface area (Å²) in [5, 5.41) is 3.06. The van der Waals surface area contributed by atoms with E-state index in [0.717, 1.165) is 49.1 Å². The molecule has 10 heteroatoms. The number of nitrogens with zero attached hydrogens (tertiary/aromatic N) is 2.